The van der Waals surface area contributed by atoms with E-state index in [0.29, 0.717) is 11.1 Å². The van der Waals surface area contributed by atoms with Crippen LogP contribution in [0.2, 0.25) is 10.0 Å². The van der Waals surface area contributed by atoms with E-state index in [1.54, 1.807) is 6.08 Å². The molecule has 0 amide bonds. The Bertz CT molecular complexity index is 2040. The van der Waals surface area contributed by atoms with E-state index in [2.05, 4.69) is 106 Å². The van der Waals surface area contributed by atoms with Crippen molar-refractivity contribution in [2.24, 2.45) is 0 Å². The summed E-state index contributed by atoms with van der Waals surface area (Å²) >= 11 is 12.3. The van der Waals surface area contributed by atoms with Gasteiger partial charge in [-0.15, -0.1) is 0 Å². The molecule has 0 unspecified atom stereocenters. The van der Waals surface area contributed by atoms with Crippen LogP contribution in [0.15, 0.2) is 96.6 Å². The molecule has 5 aromatic rings. The quantitative estimate of drug-likeness (QED) is 0.146. The van der Waals surface area contributed by atoms with Crippen molar-refractivity contribution in [1.29, 1.82) is 0 Å². The van der Waals surface area contributed by atoms with Gasteiger partial charge >= 0.3 is 0 Å². The Hall–Kier alpha value is -4.18. The monoisotopic (exact) mass is 615 g/mol. The van der Waals surface area contributed by atoms with Crippen LogP contribution < -0.4 is 4.90 Å². The Morgan fingerprint density at radius 2 is 1.36 bits per heavy atom. The number of para-hydroxylation sites is 1. The molecule has 1 heterocycles. The lowest BCUT2D eigenvalue weighted by Gasteiger charge is -2.42. The maximum Gasteiger partial charge on any atom is 0.197 e. The summed E-state index contributed by atoms with van der Waals surface area (Å²) in [7, 11) is 0. The highest BCUT2D eigenvalue weighted by molar-refractivity contribution is 6.46. The molecule has 218 valence electrons. The van der Waals surface area contributed by atoms with Gasteiger partial charge in [-0.25, -0.2) is 0 Å². The van der Waals surface area contributed by atoms with Gasteiger partial charge in [0.25, 0.3) is 0 Å². The number of nitrogens with zero attached hydrogens (tertiary/aromatic N) is 1. The van der Waals surface area contributed by atoms with Crippen molar-refractivity contribution in [3.63, 3.8) is 0 Å². The molecular weight excluding hydrogens is 585 g/mol. The largest absolute Gasteiger partial charge is 0.310 e. The van der Waals surface area contributed by atoms with E-state index in [4.69, 9.17) is 23.2 Å². The van der Waals surface area contributed by atoms with Gasteiger partial charge in [-0.2, -0.15) is 0 Å². The first kappa shape index (κ1) is 28.6. The third kappa shape index (κ3) is 4.33. The number of carbonyl (C=O) groups excluding carboxylic acids is 2. The van der Waals surface area contributed by atoms with E-state index < -0.39 is 0 Å². The summed E-state index contributed by atoms with van der Waals surface area (Å²) in [6, 6.07) is 30.9. The highest BCUT2D eigenvalue weighted by atomic mass is 35.5. The molecule has 0 saturated carbocycles. The minimum Gasteiger partial charge on any atom is -0.310 e. The molecule has 0 atom stereocenters. The number of anilines is 3. The van der Waals surface area contributed by atoms with Crippen molar-refractivity contribution < 1.29 is 9.59 Å². The van der Waals surface area contributed by atoms with Gasteiger partial charge in [0.2, 0.25) is 0 Å². The molecule has 0 aromatic heterocycles. The molecule has 7 rings (SSSR count). The number of carbonyl (C=O) groups is 2. The summed E-state index contributed by atoms with van der Waals surface area (Å²) in [5.74, 6) is -0.667. The number of benzene rings is 5. The lowest BCUT2D eigenvalue weighted by Crippen LogP contribution is -2.31. The average molecular weight is 617 g/mol. The molecule has 44 heavy (non-hydrogen) atoms. The lowest BCUT2D eigenvalue weighted by molar-refractivity contribution is 0.0990. The molecule has 0 saturated heterocycles. The van der Waals surface area contributed by atoms with Crippen LogP contribution in [0.5, 0.6) is 0 Å². The fourth-order valence-corrected chi connectivity index (χ4v) is 7.06. The van der Waals surface area contributed by atoms with Gasteiger partial charge in [0.05, 0.1) is 27.0 Å². The molecule has 0 bridgehead atoms. The van der Waals surface area contributed by atoms with Crippen LogP contribution in [0.3, 0.4) is 0 Å². The van der Waals surface area contributed by atoms with Crippen LogP contribution in [0.4, 0.5) is 17.1 Å². The number of rotatable bonds is 2. The Balaban J connectivity index is 1.36. The van der Waals surface area contributed by atoms with Gasteiger partial charge in [0.1, 0.15) is 0 Å². The van der Waals surface area contributed by atoms with Crippen LogP contribution in [0, 0.1) is 0 Å². The predicted octanol–water partition coefficient (Wildman–Crippen LogP) is 11.0. The fraction of sp³-hybridized carbons (Fsp3) is 0.179. The average Bonchev–Trinajstić information content (AvgIpc) is 3.20. The second-order valence-corrected chi connectivity index (χ2v) is 14.1. The second kappa shape index (κ2) is 9.92. The third-order valence-electron chi connectivity index (χ3n) is 9.05. The third-order valence-corrected chi connectivity index (χ3v) is 9.77. The first-order valence-electron chi connectivity index (χ1n) is 14.7. The SMILES string of the molecule is CC(C)(C)c1ccc(N2c3ccccc3C(C)(C)c3c2ccc2cc(C=C4C(=O)c5cc(Cl)c(Cl)cc5C4=O)ccc32)cc1. The minimum absolute atomic E-state index is 0.0675. The van der Waals surface area contributed by atoms with Crippen LogP contribution >= 0.6 is 23.2 Å². The van der Waals surface area contributed by atoms with Crippen LogP contribution in [0.25, 0.3) is 16.8 Å². The maximum atomic E-state index is 13.2. The summed E-state index contributed by atoms with van der Waals surface area (Å²) in [5.41, 5.74) is 8.49. The summed E-state index contributed by atoms with van der Waals surface area (Å²) < 4.78 is 0. The normalized spacial score (nSPS) is 15.3. The van der Waals surface area contributed by atoms with E-state index in [0.717, 1.165) is 27.7 Å². The molecule has 1 aliphatic heterocycles. The molecule has 5 heteroatoms. The molecule has 0 fully saturated rings. The molecule has 5 aromatic carbocycles. The standard InChI is InChI=1S/C39H31Cl2NO2/c1-38(2,3)24-12-14-25(15-13-24)42-33-9-7-6-8-30(33)39(4,5)35-26-16-10-22(18-23(26)11-17-34(35)42)19-29-36(43)27-20-31(40)32(41)21-28(27)37(29)44/h6-21H,1-5H3. The van der Waals surface area contributed by atoms with Gasteiger partial charge < -0.3 is 4.90 Å². The summed E-state index contributed by atoms with van der Waals surface area (Å²) in [6.45, 7) is 11.3. The number of ketones is 2. The van der Waals surface area contributed by atoms with Crippen LogP contribution in [-0.2, 0) is 10.8 Å². The van der Waals surface area contributed by atoms with Crippen molar-refractivity contribution in [3.8, 4) is 0 Å². The lowest BCUT2D eigenvalue weighted by atomic mass is 9.71. The zero-order valence-electron chi connectivity index (χ0n) is 25.3. The van der Waals surface area contributed by atoms with Crippen molar-refractivity contribution in [2.75, 3.05) is 4.90 Å². The Morgan fingerprint density at radius 1 is 0.727 bits per heavy atom. The van der Waals surface area contributed by atoms with Crippen LogP contribution in [-0.4, -0.2) is 11.6 Å². The molecule has 0 radical (unpaired) electrons. The zero-order valence-corrected chi connectivity index (χ0v) is 26.8. The number of fused-ring (bicyclic) bond motifs is 5. The van der Waals surface area contributed by atoms with E-state index >= 15 is 0 Å². The highest BCUT2D eigenvalue weighted by Gasteiger charge is 2.38. The summed E-state index contributed by atoms with van der Waals surface area (Å²) in [5, 5.41) is 2.68. The van der Waals surface area contributed by atoms with Crippen molar-refractivity contribution >= 4 is 68.7 Å². The number of hydrogen-bond acceptors (Lipinski definition) is 3. The number of halogens is 2. The fourth-order valence-electron chi connectivity index (χ4n) is 6.73. The van der Waals surface area contributed by atoms with Crippen molar-refractivity contribution in [3.05, 3.63) is 140 Å². The van der Waals surface area contributed by atoms with Gasteiger partial charge in [0.15, 0.2) is 11.6 Å². The Kier molecular flexibility index (Phi) is 6.44. The Labute approximate surface area is 267 Å². The first-order valence-corrected chi connectivity index (χ1v) is 15.5. The summed E-state index contributed by atoms with van der Waals surface area (Å²) in [4.78, 5) is 28.7. The van der Waals surface area contributed by atoms with Crippen molar-refractivity contribution in [2.45, 2.75) is 45.4 Å². The zero-order chi connectivity index (χ0) is 31.1. The van der Waals surface area contributed by atoms with Gasteiger partial charge in [-0.05, 0) is 87.0 Å². The number of hydrogen-bond donors (Lipinski definition) is 0. The van der Waals surface area contributed by atoms with E-state index in [-0.39, 0.29) is 38.0 Å². The highest BCUT2D eigenvalue weighted by Crippen LogP contribution is 2.54. The topological polar surface area (TPSA) is 37.4 Å². The minimum atomic E-state index is -0.333. The number of Topliss-reactive ketones (excluding diaryl/α,β-unsaturated/α-hetero) is 2. The molecular formula is C39H31Cl2NO2. The Morgan fingerprint density at radius 3 is 2.00 bits per heavy atom. The molecule has 0 spiro atoms. The summed E-state index contributed by atoms with van der Waals surface area (Å²) in [6.07, 6.45) is 1.68. The van der Waals surface area contributed by atoms with Gasteiger partial charge in [-0.3, -0.25) is 9.59 Å². The first-order chi connectivity index (χ1) is 20.9. The smallest absolute Gasteiger partial charge is 0.197 e. The second-order valence-electron chi connectivity index (χ2n) is 13.2. The maximum absolute atomic E-state index is 13.2. The van der Waals surface area contributed by atoms with Crippen molar-refractivity contribution in [1.82, 2.24) is 0 Å². The van der Waals surface area contributed by atoms with Gasteiger partial charge in [0, 0.05) is 22.2 Å². The van der Waals surface area contributed by atoms with E-state index in [1.165, 1.54) is 34.5 Å². The molecule has 1 aliphatic carbocycles. The number of allylic oxidation sites excluding steroid dienone is 1. The van der Waals surface area contributed by atoms with E-state index in [1.807, 2.05) is 12.1 Å². The predicted molar refractivity (Wildman–Crippen MR) is 183 cm³/mol. The van der Waals surface area contributed by atoms with Gasteiger partial charge in [-0.1, -0.05) is 106 Å². The van der Waals surface area contributed by atoms with E-state index in [9.17, 15) is 9.59 Å². The van der Waals surface area contributed by atoms with Crippen LogP contribution in [0.1, 0.15) is 77.6 Å². The molecule has 2 aliphatic rings. The molecule has 0 N–H and O–H groups in total. The molecule has 3 nitrogen and oxygen atoms in total.